The van der Waals surface area contributed by atoms with Gasteiger partial charge in [0.15, 0.2) is 0 Å². The van der Waals surface area contributed by atoms with Gasteiger partial charge in [0.1, 0.15) is 0 Å². The SMILES string of the molecule is Cc1ccc(N(c2ccc(C)cc2)c2cc(N(c3ccc(C)cc3)c3ccc(C)cc3)c3cc(C)c(C)cc3c2)cc1. The average molecular weight is 547 g/mol. The van der Waals surface area contributed by atoms with Crippen molar-refractivity contribution in [2.45, 2.75) is 41.5 Å². The fraction of sp³-hybridized carbons (Fsp3) is 0.150. The second-order valence-electron chi connectivity index (χ2n) is 11.6. The fourth-order valence-corrected chi connectivity index (χ4v) is 5.56. The number of hydrogen-bond acceptors (Lipinski definition) is 2. The van der Waals surface area contributed by atoms with Gasteiger partial charge in [-0.1, -0.05) is 76.9 Å². The van der Waals surface area contributed by atoms with Crippen LogP contribution >= 0.6 is 0 Å². The number of nitrogens with zero attached hydrogens (tertiary/aromatic N) is 2. The number of hydrogen-bond donors (Lipinski definition) is 0. The molecule has 0 bridgehead atoms. The first-order valence-corrected chi connectivity index (χ1v) is 14.7. The van der Waals surface area contributed by atoms with Gasteiger partial charge >= 0.3 is 0 Å². The van der Waals surface area contributed by atoms with Gasteiger partial charge in [0.25, 0.3) is 0 Å². The molecule has 2 nitrogen and oxygen atoms in total. The van der Waals surface area contributed by atoms with E-state index in [9.17, 15) is 0 Å². The molecule has 0 heterocycles. The van der Waals surface area contributed by atoms with Crippen molar-refractivity contribution in [3.05, 3.63) is 155 Å². The van der Waals surface area contributed by atoms with Crippen molar-refractivity contribution in [1.82, 2.24) is 0 Å². The van der Waals surface area contributed by atoms with Crippen molar-refractivity contribution in [3.8, 4) is 0 Å². The second-order valence-corrected chi connectivity index (χ2v) is 11.6. The van der Waals surface area contributed by atoms with Crippen LogP contribution in [0.1, 0.15) is 33.4 Å². The Kier molecular flexibility index (Phi) is 7.31. The third-order valence-electron chi connectivity index (χ3n) is 8.20. The van der Waals surface area contributed by atoms with E-state index in [1.165, 1.54) is 44.2 Å². The zero-order valence-electron chi connectivity index (χ0n) is 25.4. The number of aryl methyl sites for hydroxylation is 6. The predicted octanol–water partition coefficient (Wildman–Crippen LogP) is 11.6. The molecule has 0 amide bonds. The second kappa shape index (κ2) is 11.2. The lowest BCUT2D eigenvalue weighted by atomic mass is 9.98. The van der Waals surface area contributed by atoms with Crippen LogP contribution in [0.5, 0.6) is 0 Å². The number of anilines is 6. The molecule has 6 rings (SSSR count). The molecule has 0 saturated carbocycles. The van der Waals surface area contributed by atoms with Gasteiger partial charge in [-0.05, 0) is 125 Å². The van der Waals surface area contributed by atoms with Crippen LogP contribution < -0.4 is 9.80 Å². The van der Waals surface area contributed by atoms with Crippen molar-refractivity contribution < 1.29 is 0 Å². The molecule has 0 aliphatic rings. The lowest BCUT2D eigenvalue weighted by molar-refractivity contribution is 1.25. The Morgan fingerprint density at radius 3 is 1.10 bits per heavy atom. The smallest absolute Gasteiger partial charge is 0.0561 e. The van der Waals surface area contributed by atoms with Gasteiger partial charge in [-0.3, -0.25) is 0 Å². The highest BCUT2D eigenvalue weighted by Crippen LogP contribution is 2.45. The molecule has 0 saturated heterocycles. The molecule has 42 heavy (non-hydrogen) atoms. The molecule has 208 valence electrons. The molecule has 0 radical (unpaired) electrons. The Balaban J connectivity index is 1.67. The van der Waals surface area contributed by atoms with E-state index < -0.39 is 0 Å². The van der Waals surface area contributed by atoms with Crippen molar-refractivity contribution >= 4 is 44.9 Å². The molecular weight excluding hydrogens is 508 g/mol. The highest BCUT2D eigenvalue weighted by atomic mass is 15.2. The van der Waals surface area contributed by atoms with Gasteiger partial charge in [0, 0.05) is 33.8 Å². The molecule has 2 heteroatoms. The summed E-state index contributed by atoms with van der Waals surface area (Å²) in [6, 6.07) is 44.7. The molecule has 0 aliphatic heterocycles. The number of benzene rings is 6. The Morgan fingerprint density at radius 2 is 0.690 bits per heavy atom. The molecule has 0 atom stereocenters. The summed E-state index contributed by atoms with van der Waals surface area (Å²) in [6.45, 7) is 13.0. The average Bonchev–Trinajstić information content (AvgIpc) is 2.98. The summed E-state index contributed by atoms with van der Waals surface area (Å²) in [5.41, 5.74) is 14.4. The van der Waals surface area contributed by atoms with Crippen LogP contribution in [0.25, 0.3) is 10.8 Å². The summed E-state index contributed by atoms with van der Waals surface area (Å²) in [6.07, 6.45) is 0. The summed E-state index contributed by atoms with van der Waals surface area (Å²) in [4.78, 5) is 4.78. The summed E-state index contributed by atoms with van der Waals surface area (Å²) in [5, 5.41) is 2.45. The summed E-state index contributed by atoms with van der Waals surface area (Å²) in [5.74, 6) is 0. The van der Waals surface area contributed by atoms with Crippen LogP contribution in [0.3, 0.4) is 0 Å². The third kappa shape index (κ3) is 5.41. The van der Waals surface area contributed by atoms with Crippen LogP contribution in [0.15, 0.2) is 121 Å². The summed E-state index contributed by atoms with van der Waals surface area (Å²) < 4.78 is 0. The van der Waals surface area contributed by atoms with Crippen molar-refractivity contribution in [2.75, 3.05) is 9.80 Å². The molecule has 6 aromatic rings. The minimum absolute atomic E-state index is 1.12. The molecule has 0 N–H and O–H groups in total. The van der Waals surface area contributed by atoms with E-state index in [-0.39, 0.29) is 0 Å². The van der Waals surface area contributed by atoms with Crippen LogP contribution in [0, 0.1) is 41.5 Å². The van der Waals surface area contributed by atoms with Crippen LogP contribution in [-0.4, -0.2) is 0 Å². The first kappa shape index (κ1) is 27.4. The summed E-state index contributed by atoms with van der Waals surface area (Å²) in [7, 11) is 0. The zero-order valence-corrected chi connectivity index (χ0v) is 25.4. The molecule has 0 spiro atoms. The lowest BCUT2D eigenvalue weighted by Crippen LogP contribution is -2.14. The van der Waals surface area contributed by atoms with E-state index in [4.69, 9.17) is 0 Å². The first-order chi connectivity index (χ1) is 20.3. The van der Waals surface area contributed by atoms with Crippen LogP contribution in [-0.2, 0) is 0 Å². The Hall–Kier alpha value is -4.82. The molecule has 0 aliphatic carbocycles. The highest BCUT2D eigenvalue weighted by Gasteiger charge is 2.21. The molecule has 0 fully saturated rings. The molecule has 6 aromatic carbocycles. The van der Waals surface area contributed by atoms with Gasteiger partial charge in [0.05, 0.1) is 5.69 Å². The predicted molar refractivity (Wildman–Crippen MR) is 182 cm³/mol. The Bertz CT molecular complexity index is 1760. The topological polar surface area (TPSA) is 6.48 Å². The van der Waals surface area contributed by atoms with E-state index in [1.807, 2.05) is 0 Å². The Labute approximate surface area is 250 Å². The van der Waals surface area contributed by atoms with E-state index in [0.717, 1.165) is 34.1 Å². The first-order valence-electron chi connectivity index (χ1n) is 14.7. The van der Waals surface area contributed by atoms with Gasteiger partial charge in [-0.15, -0.1) is 0 Å². The lowest BCUT2D eigenvalue weighted by Gasteiger charge is -2.31. The van der Waals surface area contributed by atoms with E-state index in [1.54, 1.807) is 0 Å². The standard InChI is InChI=1S/C40H38N2/c1-27-7-15-34(16-8-27)41(35-17-9-28(2)10-18-35)38-25-33-23-31(5)32(6)24-39(33)40(26-38)42(36-19-11-29(3)12-20-36)37-21-13-30(4)14-22-37/h7-26H,1-6H3. The van der Waals surface area contributed by atoms with Crippen LogP contribution in [0.4, 0.5) is 34.1 Å². The maximum absolute atomic E-state index is 2.40. The molecule has 0 aromatic heterocycles. The molecule has 0 unspecified atom stereocenters. The van der Waals surface area contributed by atoms with Crippen molar-refractivity contribution in [3.63, 3.8) is 0 Å². The van der Waals surface area contributed by atoms with E-state index in [0.29, 0.717) is 0 Å². The van der Waals surface area contributed by atoms with Gasteiger partial charge in [0.2, 0.25) is 0 Å². The highest BCUT2D eigenvalue weighted by molar-refractivity contribution is 6.03. The largest absolute Gasteiger partial charge is 0.310 e. The maximum Gasteiger partial charge on any atom is 0.0561 e. The number of fused-ring (bicyclic) bond motifs is 1. The van der Waals surface area contributed by atoms with Gasteiger partial charge in [-0.2, -0.15) is 0 Å². The Morgan fingerprint density at radius 1 is 0.333 bits per heavy atom. The summed E-state index contributed by atoms with van der Waals surface area (Å²) >= 11 is 0. The van der Waals surface area contributed by atoms with Crippen molar-refractivity contribution in [2.24, 2.45) is 0 Å². The number of rotatable bonds is 6. The van der Waals surface area contributed by atoms with Gasteiger partial charge in [-0.25, -0.2) is 0 Å². The zero-order chi connectivity index (χ0) is 29.4. The minimum Gasteiger partial charge on any atom is -0.310 e. The van der Waals surface area contributed by atoms with E-state index >= 15 is 0 Å². The normalized spacial score (nSPS) is 11.1. The molecular formula is C40H38N2. The monoisotopic (exact) mass is 546 g/mol. The minimum atomic E-state index is 1.12. The third-order valence-corrected chi connectivity index (χ3v) is 8.20. The van der Waals surface area contributed by atoms with E-state index in [2.05, 4.69) is 173 Å². The quantitative estimate of drug-likeness (QED) is 0.205. The van der Waals surface area contributed by atoms with Gasteiger partial charge < -0.3 is 9.80 Å². The van der Waals surface area contributed by atoms with Crippen molar-refractivity contribution in [1.29, 1.82) is 0 Å². The maximum atomic E-state index is 2.40. The fourth-order valence-electron chi connectivity index (χ4n) is 5.56. The van der Waals surface area contributed by atoms with Crippen LogP contribution in [0.2, 0.25) is 0 Å².